The lowest BCUT2D eigenvalue weighted by atomic mass is 10.1. The highest BCUT2D eigenvalue weighted by Gasteiger charge is 2.12. The van der Waals surface area contributed by atoms with Crippen LogP contribution in [0.2, 0.25) is 0 Å². The molecule has 5 aromatic rings. The van der Waals surface area contributed by atoms with Crippen molar-refractivity contribution in [1.82, 2.24) is 29.3 Å². The molecule has 7 nitrogen and oxygen atoms in total. The molecular weight excluding hydrogens is 492 g/mol. The number of aromatic nitrogens is 5. The molecule has 0 bridgehead atoms. The maximum atomic E-state index is 5.40. The van der Waals surface area contributed by atoms with Crippen LogP contribution in [-0.4, -0.2) is 54.7 Å². The second kappa shape index (κ2) is 12.0. The van der Waals surface area contributed by atoms with Gasteiger partial charge in [-0.25, -0.2) is 9.50 Å². The van der Waals surface area contributed by atoms with Crippen LogP contribution >= 0.6 is 11.8 Å². The fraction of sp³-hybridized carbons (Fsp3) is 0.367. The van der Waals surface area contributed by atoms with Crippen molar-refractivity contribution >= 4 is 17.4 Å². The van der Waals surface area contributed by atoms with Crippen molar-refractivity contribution in [2.24, 2.45) is 0 Å². The van der Waals surface area contributed by atoms with Gasteiger partial charge < -0.3 is 9.32 Å². The first-order valence-corrected chi connectivity index (χ1v) is 14.7. The van der Waals surface area contributed by atoms with Gasteiger partial charge in [0.05, 0.1) is 23.9 Å². The van der Waals surface area contributed by atoms with Gasteiger partial charge in [-0.2, -0.15) is 22.0 Å². The minimum atomic E-state index is 0.724. The molecule has 5 heterocycles. The Balaban J connectivity index is 1.06. The van der Waals surface area contributed by atoms with Gasteiger partial charge >= 0.3 is 0 Å². The topological polar surface area (TPSA) is 64.4 Å². The average molecular weight is 527 g/mol. The van der Waals surface area contributed by atoms with Gasteiger partial charge in [-0.05, 0) is 80.7 Å². The zero-order chi connectivity index (χ0) is 25.6. The first kappa shape index (κ1) is 24.9. The zero-order valence-electron chi connectivity index (χ0n) is 21.7. The average Bonchev–Trinajstić information content (AvgIpc) is 3.75. The Morgan fingerprint density at radius 1 is 0.921 bits per heavy atom. The first-order chi connectivity index (χ1) is 18.8. The predicted octanol–water partition coefficient (Wildman–Crippen LogP) is 5.74. The van der Waals surface area contributed by atoms with Crippen LogP contribution in [0.25, 0.3) is 16.9 Å². The quantitative estimate of drug-likeness (QED) is 0.193. The summed E-state index contributed by atoms with van der Waals surface area (Å²) in [4.78, 5) is 7.40. The van der Waals surface area contributed by atoms with Crippen LogP contribution in [0.15, 0.2) is 77.7 Å². The van der Waals surface area contributed by atoms with E-state index in [0.29, 0.717) is 0 Å². The van der Waals surface area contributed by atoms with Gasteiger partial charge in [0.1, 0.15) is 5.76 Å². The van der Waals surface area contributed by atoms with Crippen LogP contribution < -0.4 is 0 Å². The fourth-order valence-corrected chi connectivity index (χ4v) is 5.93. The van der Waals surface area contributed by atoms with E-state index in [9.17, 15) is 0 Å². The van der Waals surface area contributed by atoms with Gasteiger partial charge in [0.25, 0.3) is 0 Å². The standard InChI is InChI=1S/C30H34N6OS/c1-2-15-34(14-1)16-4-6-24-10-12-25(13-11-24)20-29-32-30-9-3-8-28(36(30)33-29)26-21-31-35(22-26)17-19-38-23-27-7-5-18-37-27/h3,5,7-13,18,21-22H,1-2,4,6,14-17,19-20,23H2. The number of pyridine rings is 1. The Morgan fingerprint density at radius 2 is 1.79 bits per heavy atom. The second-order valence-electron chi connectivity index (χ2n) is 9.98. The SMILES string of the molecule is c1coc(CSCCn2cc(-c3cccc4nc(Cc5ccc(CCCN6CCCC6)cc5)nn34)cn2)c1. The number of thioether (sulfide) groups is 1. The number of nitrogens with zero attached hydrogens (tertiary/aromatic N) is 6. The minimum Gasteiger partial charge on any atom is -0.468 e. The zero-order valence-corrected chi connectivity index (χ0v) is 22.5. The summed E-state index contributed by atoms with van der Waals surface area (Å²) in [5, 5.41) is 9.44. The van der Waals surface area contributed by atoms with Crippen molar-refractivity contribution in [3.63, 3.8) is 0 Å². The molecule has 0 aliphatic carbocycles. The number of benzene rings is 1. The number of hydrogen-bond donors (Lipinski definition) is 0. The van der Waals surface area contributed by atoms with E-state index in [2.05, 4.69) is 46.5 Å². The number of likely N-dealkylation sites (tertiary alicyclic amines) is 1. The Hall–Kier alpha value is -3.36. The molecule has 0 spiro atoms. The summed E-state index contributed by atoms with van der Waals surface area (Å²) in [6.45, 7) is 4.62. The maximum absolute atomic E-state index is 5.40. The highest BCUT2D eigenvalue weighted by atomic mass is 32.2. The molecule has 1 saturated heterocycles. The normalized spacial score (nSPS) is 14.1. The molecule has 0 saturated carbocycles. The molecule has 0 unspecified atom stereocenters. The van der Waals surface area contributed by atoms with Gasteiger partial charge in [0.15, 0.2) is 11.5 Å². The lowest BCUT2D eigenvalue weighted by molar-refractivity contribution is 0.334. The van der Waals surface area contributed by atoms with Crippen LogP contribution in [-0.2, 0) is 25.1 Å². The summed E-state index contributed by atoms with van der Waals surface area (Å²) in [6.07, 6.45) is 11.6. The Labute approximate surface area is 227 Å². The monoisotopic (exact) mass is 526 g/mol. The Bertz CT molecular complexity index is 1430. The molecule has 0 amide bonds. The third-order valence-corrected chi connectivity index (χ3v) is 8.11. The summed E-state index contributed by atoms with van der Waals surface area (Å²) in [7, 11) is 0. The minimum absolute atomic E-state index is 0.724. The van der Waals surface area contributed by atoms with Crippen molar-refractivity contribution in [3.8, 4) is 11.3 Å². The van der Waals surface area contributed by atoms with Gasteiger partial charge in [-0.1, -0.05) is 30.3 Å². The van der Waals surface area contributed by atoms with Crippen molar-refractivity contribution in [3.05, 3.63) is 96.0 Å². The van der Waals surface area contributed by atoms with Crippen molar-refractivity contribution in [2.75, 3.05) is 25.4 Å². The van der Waals surface area contributed by atoms with E-state index in [1.54, 1.807) is 6.26 Å². The molecule has 6 rings (SSSR count). The lowest BCUT2D eigenvalue weighted by Gasteiger charge is -2.13. The summed E-state index contributed by atoms with van der Waals surface area (Å²) in [6, 6.07) is 19.1. The summed E-state index contributed by atoms with van der Waals surface area (Å²) in [5.41, 5.74) is 5.56. The number of rotatable bonds is 12. The highest BCUT2D eigenvalue weighted by Crippen LogP contribution is 2.21. The number of hydrogen-bond acceptors (Lipinski definition) is 6. The molecular formula is C30H34N6OS. The molecule has 0 N–H and O–H groups in total. The van der Waals surface area contributed by atoms with Gasteiger partial charge in [0.2, 0.25) is 0 Å². The molecule has 0 atom stereocenters. The number of aryl methyl sites for hydroxylation is 2. The third-order valence-electron chi connectivity index (χ3n) is 7.15. The smallest absolute Gasteiger partial charge is 0.156 e. The largest absolute Gasteiger partial charge is 0.468 e. The summed E-state index contributed by atoms with van der Waals surface area (Å²) >= 11 is 1.84. The Kier molecular flexibility index (Phi) is 7.88. The molecule has 196 valence electrons. The summed E-state index contributed by atoms with van der Waals surface area (Å²) in [5.74, 6) is 3.69. The van der Waals surface area contributed by atoms with Crippen LogP contribution in [0.4, 0.5) is 0 Å². The van der Waals surface area contributed by atoms with E-state index in [0.717, 1.165) is 59.4 Å². The van der Waals surface area contributed by atoms with E-state index in [-0.39, 0.29) is 0 Å². The van der Waals surface area contributed by atoms with Crippen molar-refractivity contribution in [2.45, 2.75) is 44.4 Å². The van der Waals surface area contributed by atoms with Crippen molar-refractivity contribution in [1.29, 1.82) is 0 Å². The third kappa shape index (κ3) is 6.19. The lowest BCUT2D eigenvalue weighted by Crippen LogP contribution is -2.20. The van der Waals surface area contributed by atoms with Crippen LogP contribution in [0.5, 0.6) is 0 Å². The molecule has 1 fully saturated rings. The molecule has 1 aliphatic rings. The van der Waals surface area contributed by atoms with E-state index >= 15 is 0 Å². The van der Waals surface area contributed by atoms with E-state index in [1.807, 2.05) is 51.4 Å². The predicted molar refractivity (Wildman–Crippen MR) is 152 cm³/mol. The van der Waals surface area contributed by atoms with E-state index < -0.39 is 0 Å². The van der Waals surface area contributed by atoms with Gasteiger partial charge in [-0.3, -0.25) is 4.68 Å². The second-order valence-corrected chi connectivity index (χ2v) is 11.1. The maximum Gasteiger partial charge on any atom is 0.156 e. The highest BCUT2D eigenvalue weighted by molar-refractivity contribution is 7.98. The first-order valence-electron chi connectivity index (χ1n) is 13.6. The molecule has 1 aromatic carbocycles. The molecule has 8 heteroatoms. The van der Waals surface area contributed by atoms with E-state index in [1.165, 1.54) is 50.0 Å². The summed E-state index contributed by atoms with van der Waals surface area (Å²) < 4.78 is 9.34. The van der Waals surface area contributed by atoms with E-state index in [4.69, 9.17) is 14.5 Å². The fourth-order valence-electron chi connectivity index (χ4n) is 5.11. The van der Waals surface area contributed by atoms with Gasteiger partial charge in [-0.15, -0.1) is 0 Å². The molecule has 38 heavy (non-hydrogen) atoms. The van der Waals surface area contributed by atoms with Crippen LogP contribution in [0.1, 0.15) is 42.0 Å². The molecule has 4 aromatic heterocycles. The Morgan fingerprint density at radius 3 is 2.63 bits per heavy atom. The van der Waals surface area contributed by atoms with Gasteiger partial charge in [0, 0.05) is 30.5 Å². The molecule has 1 aliphatic heterocycles. The van der Waals surface area contributed by atoms with Crippen LogP contribution in [0, 0.1) is 0 Å². The number of fused-ring (bicyclic) bond motifs is 1. The van der Waals surface area contributed by atoms with Crippen LogP contribution in [0.3, 0.4) is 0 Å². The van der Waals surface area contributed by atoms with Crippen molar-refractivity contribution < 1.29 is 4.42 Å². The molecule has 0 radical (unpaired) electrons. The number of furan rings is 1.